The Morgan fingerprint density at radius 2 is 1.42 bits per heavy atom. The molecule has 0 saturated heterocycles. The normalized spacial score (nSPS) is 12.3. The van der Waals surface area contributed by atoms with Gasteiger partial charge >= 0.3 is 0 Å². The number of nitrogens with zero attached hydrogens (tertiary/aromatic N) is 2. The maximum Gasteiger partial charge on any atom is 0.271 e. The van der Waals surface area contributed by atoms with E-state index in [4.69, 9.17) is 4.74 Å². The molecule has 7 heteroatoms. The van der Waals surface area contributed by atoms with E-state index in [9.17, 15) is 9.59 Å². The van der Waals surface area contributed by atoms with Gasteiger partial charge in [0.05, 0.1) is 13.2 Å². The van der Waals surface area contributed by atoms with Crippen LogP contribution in [0.3, 0.4) is 0 Å². The second-order valence-corrected chi connectivity index (χ2v) is 9.09. The SMILES string of the molecule is CC/C=C\C/C=C\C/C=C\C/C=C\C/C=C\CCCC(=O)NCCOCCNC(=O)c1ccn(C(C)C)n1. The number of ether oxygens (including phenoxy) is 1. The predicted octanol–water partition coefficient (Wildman–Crippen LogP) is 6.25. The molecule has 1 rings (SSSR count). The zero-order valence-electron chi connectivity index (χ0n) is 23.6. The van der Waals surface area contributed by atoms with Crippen LogP contribution in [0.5, 0.6) is 0 Å². The molecule has 38 heavy (non-hydrogen) atoms. The number of rotatable bonds is 21. The Balaban J connectivity index is 1.92. The number of aromatic nitrogens is 2. The van der Waals surface area contributed by atoms with Crippen molar-refractivity contribution in [2.75, 3.05) is 26.3 Å². The van der Waals surface area contributed by atoms with Crippen LogP contribution in [-0.4, -0.2) is 47.9 Å². The Kier molecular flexibility index (Phi) is 19.8. The average Bonchev–Trinajstić information content (AvgIpc) is 3.41. The van der Waals surface area contributed by atoms with Crippen molar-refractivity contribution in [2.24, 2.45) is 0 Å². The Labute approximate surface area is 229 Å². The third-order valence-electron chi connectivity index (χ3n) is 5.40. The molecule has 0 aliphatic carbocycles. The topological polar surface area (TPSA) is 85.3 Å². The molecule has 0 aromatic carbocycles. The first-order chi connectivity index (χ1) is 18.5. The molecule has 0 radical (unpaired) electrons. The number of unbranched alkanes of at least 4 members (excludes halogenated alkanes) is 1. The lowest BCUT2D eigenvalue weighted by Crippen LogP contribution is -2.30. The largest absolute Gasteiger partial charge is 0.378 e. The van der Waals surface area contributed by atoms with Gasteiger partial charge in [0, 0.05) is 31.7 Å². The molecule has 1 heterocycles. The Bertz CT molecular complexity index is 910. The lowest BCUT2D eigenvalue weighted by atomic mass is 10.2. The Morgan fingerprint density at radius 3 is 1.97 bits per heavy atom. The van der Waals surface area contributed by atoms with E-state index in [0.717, 1.165) is 44.9 Å². The summed E-state index contributed by atoms with van der Waals surface area (Å²) >= 11 is 0. The molecule has 210 valence electrons. The van der Waals surface area contributed by atoms with Gasteiger partial charge in [0.1, 0.15) is 5.69 Å². The van der Waals surface area contributed by atoms with E-state index in [1.54, 1.807) is 16.9 Å². The second kappa shape index (κ2) is 23.0. The zero-order valence-corrected chi connectivity index (χ0v) is 23.6. The van der Waals surface area contributed by atoms with Gasteiger partial charge < -0.3 is 15.4 Å². The molecule has 7 nitrogen and oxygen atoms in total. The second-order valence-electron chi connectivity index (χ2n) is 9.09. The van der Waals surface area contributed by atoms with E-state index in [2.05, 4.69) is 83.4 Å². The van der Waals surface area contributed by atoms with Crippen molar-refractivity contribution in [1.29, 1.82) is 0 Å². The molecular weight excluding hydrogens is 476 g/mol. The van der Waals surface area contributed by atoms with Crippen molar-refractivity contribution < 1.29 is 14.3 Å². The predicted molar refractivity (Wildman–Crippen MR) is 157 cm³/mol. The highest BCUT2D eigenvalue weighted by Gasteiger charge is 2.09. The molecule has 0 spiro atoms. The van der Waals surface area contributed by atoms with Crippen LogP contribution in [0.4, 0.5) is 0 Å². The number of amides is 2. The molecule has 0 aliphatic heterocycles. The smallest absolute Gasteiger partial charge is 0.271 e. The summed E-state index contributed by atoms with van der Waals surface area (Å²) in [6, 6.07) is 1.92. The number of nitrogens with one attached hydrogen (secondary N) is 2. The van der Waals surface area contributed by atoms with Crippen LogP contribution in [0, 0.1) is 0 Å². The summed E-state index contributed by atoms with van der Waals surface area (Å²) in [5.41, 5.74) is 0.399. The molecule has 0 bridgehead atoms. The van der Waals surface area contributed by atoms with Crippen LogP contribution in [0.15, 0.2) is 73.0 Å². The van der Waals surface area contributed by atoms with E-state index in [0.29, 0.717) is 38.4 Å². The maximum atomic E-state index is 12.0. The number of allylic oxidation sites excluding steroid dienone is 10. The highest BCUT2D eigenvalue weighted by molar-refractivity contribution is 5.92. The van der Waals surface area contributed by atoms with Crippen molar-refractivity contribution in [2.45, 2.75) is 78.2 Å². The summed E-state index contributed by atoms with van der Waals surface area (Å²) in [5, 5.41) is 9.88. The molecule has 0 saturated carbocycles. The Morgan fingerprint density at radius 1 is 0.868 bits per heavy atom. The molecule has 0 aliphatic rings. The van der Waals surface area contributed by atoms with Gasteiger partial charge in [-0.3, -0.25) is 14.3 Å². The first-order valence-electron chi connectivity index (χ1n) is 14.0. The summed E-state index contributed by atoms with van der Waals surface area (Å²) in [5.74, 6) is -0.177. The first kappa shape index (κ1) is 32.8. The van der Waals surface area contributed by atoms with Crippen LogP contribution < -0.4 is 10.6 Å². The van der Waals surface area contributed by atoms with E-state index in [1.165, 1.54) is 0 Å². The van der Waals surface area contributed by atoms with Gasteiger partial charge in [0.15, 0.2) is 0 Å². The van der Waals surface area contributed by atoms with Gasteiger partial charge in [0.2, 0.25) is 5.91 Å². The molecule has 1 aromatic heterocycles. The molecular formula is C31H48N4O3. The van der Waals surface area contributed by atoms with E-state index >= 15 is 0 Å². The van der Waals surface area contributed by atoms with Crippen molar-refractivity contribution in [1.82, 2.24) is 20.4 Å². The van der Waals surface area contributed by atoms with E-state index in [-0.39, 0.29) is 17.9 Å². The average molecular weight is 525 g/mol. The van der Waals surface area contributed by atoms with E-state index < -0.39 is 0 Å². The molecule has 2 amide bonds. The van der Waals surface area contributed by atoms with Gasteiger partial charge in [-0.1, -0.05) is 67.7 Å². The summed E-state index contributed by atoms with van der Waals surface area (Å²) in [4.78, 5) is 23.9. The highest BCUT2D eigenvalue weighted by atomic mass is 16.5. The van der Waals surface area contributed by atoms with Gasteiger partial charge in [-0.15, -0.1) is 0 Å². The van der Waals surface area contributed by atoms with Gasteiger partial charge in [0.25, 0.3) is 5.91 Å². The molecule has 0 fully saturated rings. The summed E-state index contributed by atoms with van der Waals surface area (Å²) in [6.07, 6.45) is 30.8. The summed E-state index contributed by atoms with van der Waals surface area (Å²) < 4.78 is 7.22. The number of hydrogen-bond donors (Lipinski definition) is 2. The minimum Gasteiger partial charge on any atom is -0.378 e. The fourth-order valence-corrected chi connectivity index (χ4v) is 3.28. The van der Waals surface area contributed by atoms with Gasteiger partial charge in [-0.05, 0) is 64.9 Å². The lowest BCUT2D eigenvalue weighted by Gasteiger charge is -2.07. The van der Waals surface area contributed by atoms with Crippen LogP contribution in [-0.2, 0) is 9.53 Å². The van der Waals surface area contributed by atoms with Crippen LogP contribution >= 0.6 is 0 Å². The lowest BCUT2D eigenvalue weighted by molar-refractivity contribution is -0.121. The van der Waals surface area contributed by atoms with Gasteiger partial charge in [-0.25, -0.2) is 0 Å². The first-order valence-corrected chi connectivity index (χ1v) is 14.0. The Hall–Kier alpha value is -3.19. The van der Waals surface area contributed by atoms with Crippen molar-refractivity contribution in [3.63, 3.8) is 0 Å². The number of carbonyl (C=O) groups excluding carboxylic acids is 2. The van der Waals surface area contributed by atoms with Crippen molar-refractivity contribution in [3.8, 4) is 0 Å². The van der Waals surface area contributed by atoms with Crippen molar-refractivity contribution in [3.05, 3.63) is 78.7 Å². The zero-order chi connectivity index (χ0) is 27.7. The van der Waals surface area contributed by atoms with Crippen LogP contribution in [0.1, 0.15) is 88.7 Å². The fourth-order valence-electron chi connectivity index (χ4n) is 3.28. The van der Waals surface area contributed by atoms with E-state index in [1.807, 2.05) is 13.8 Å². The van der Waals surface area contributed by atoms with Gasteiger partial charge in [-0.2, -0.15) is 5.10 Å². The quantitative estimate of drug-likeness (QED) is 0.147. The molecule has 0 unspecified atom stereocenters. The number of hydrogen-bond acceptors (Lipinski definition) is 4. The van der Waals surface area contributed by atoms with Crippen LogP contribution in [0.2, 0.25) is 0 Å². The minimum absolute atomic E-state index is 0.0370. The molecule has 0 atom stereocenters. The monoisotopic (exact) mass is 524 g/mol. The standard InChI is InChI=1S/C31H48N4O3/c1-4-5-6-7-8-9-10-11-12-13-14-15-16-17-18-19-20-21-30(36)32-23-26-38-27-24-33-31(37)29-22-25-35(34-29)28(2)3/h5-6,8-9,11-12,14-15,17-18,22,25,28H,4,7,10,13,16,19-21,23-24,26-27H2,1-3H3,(H,32,36)(H,33,37)/b6-5-,9-8-,12-11-,15-14-,18-17-. The summed E-state index contributed by atoms with van der Waals surface area (Å²) in [7, 11) is 0. The third-order valence-corrected chi connectivity index (χ3v) is 5.40. The minimum atomic E-state index is -0.214. The maximum absolute atomic E-state index is 12.0. The molecule has 1 aromatic rings. The third kappa shape index (κ3) is 18.1. The highest BCUT2D eigenvalue weighted by Crippen LogP contribution is 2.04. The van der Waals surface area contributed by atoms with Crippen molar-refractivity contribution >= 4 is 11.8 Å². The fraction of sp³-hybridized carbons (Fsp3) is 0.516. The number of carbonyl (C=O) groups is 2. The van der Waals surface area contributed by atoms with Crippen LogP contribution in [0.25, 0.3) is 0 Å². The molecule has 2 N–H and O–H groups in total. The summed E-state index contributed by atoms with van der Waals surface area (Å²) in [6.45, 7) is 7.83.